The van der Waals surface area contributed by atoms with Gasteiger partial charge in [0.25, 0.3) is 0 Å². The molecule has 0 radical (unpaired) electrons. The molecular weight excluding hydrogens is 900 g/mol. The van der Waals surface area contributed by atoms with E-state index in [-0.39, 0.29) is 64.6 Å². The largest absolute Gasteiger partial charge is 2.00 e. The van der Waals surface area contributed by atoms with Gasteiger partial charge in [0, 0.05) is 44.9 Å². The Morgan fingerprint density at radius 1 is 0.340 bits per heavy atom. The SMILES string of the molecule is O=C([O-])CCCCC(S)CCS.O=C([O-])CCCCC(S)CCS.O=C([O-])CCCCC(S)CCS.O=C([O-])CCCCC(S)CCS.[Zn+2].[Zn+2]. The Bertz CT molecular complexity index is 645. The molecule has 0 bridgehead atoms. The van der Waals surface area contributed by atoms with E-state index in [4.69, 9.17) is 0 Å². The molecule has 0 aromatic heterocycles. The second-order valence-corrected chi connectivity index (χ2v) is 15.8. The first kappa shape index (κ1) is 63.8. The molecule has 50 heavy (non-hydrogen) atoms. The van der Waals surface area contributed by atoms with E-state index in [1.54, 1.807) is 0 Å². The number of carbonyl (C=O) groups is 4. The fourth-order valence-electron chi connectivity index (χ4n) is 3.77. The van der Waals surface area contributed by atoms with Crippen LogP contribution in [0.2, 0.25) is 0 Å². The molecule has 8 nitrogen and oxygen atoms in total. The van der Waals surface area contributed by atoms with Crippen LogP contribution in [-0.2, 0) is 58.1 Å². The average Bonchev–Trinajstić information content (AvgIpc) is 2.99. The quantitative estimate of drug-likeness (QED) is 0.0336. The summed E-state index contributed by atoms with van der Waals surface area (Å²) in [6.45, 7) is 0. The van der Waals surface area contributed by atoms with Crippen LogP contribution in [0.25, 0.3) is 0 Å². The standard InChI is InChI=1S/4C8H16O2S2.2Zn/c4*9-8(10)4-2-1-3-7(12)5-6-11;;/h4*7,11-12H,1-6H2,(H,9,10);;/q;;;;2*+2/p-4. The van der Waals surface area contributed by atoms with Crippen molar-refractivity contribution in [2.24, 2.45) is 0 Å². The molecule has 0 aliphatic heterocycles. The summed E-state index contributed by atoms with van der Waals surface area (Å²) >= 11 is 33.6. The van der Waals surface area contributed by atoms with Gasteiger partial charge >= 0.3 is 39.0 Å². The molecule has 18 heteroatoms. The van der Waals surface area contributed by atoms with E-state index >= 15 is 0 Å². The number of rotatable bonds is 28. The third-order valence-electron chi connectivity index (χ3n) is 6.52. The number of hydrogen-bond acceptors (Lipinski definition) is 16. The topological polar surface area (TPSA) is 161 Å². The van der Waals surface area contributed by atoms with E-state index in [2.05, 4.69) is 101 Å². The van der Waals surface area contributed by atoms with Gasteiger partial charge in [-0.15, -0.1) is 0 Å². The van der Waals surface area contributed by atoms with Gasteiger partial charge in [0.15, 0.2) is 0 Å². The average molecular weight is 960 g/mol. The molecule has 0 saturated carbocycles. The summed E-state index contributed by atoms with van der Waals surface area (Å²) in [5, 5.41) is 41.6. The normalized spacial score (nSPS) is 12.3. The molecule has 0 aromatic carbocycles. The Morgan fingerprint density at radius 2 is 0.500 bits per heavy atom. The predicted molar refractivity (Wildman–Crippen MR) is 219 cm³/mol. The Kier molecular flexibility index (Phi) is 65.0. The Morgan fingerprint density at radius 3 is 0.620 bits per heavy atom. The third-order valence-corrected chi connectivity index (χ3v) is 9.62. The minimum Gasteiger partial charge on any atom is -0.550 e. The monoisotopic (exact) mass is 956 g/mol. The predicted octanol–water partition coefficient (Wildman–Crippen LogP) is 3.66. The van der Waals surface area contributed by atoms with Crippen LogP contribution < -0.4 is 20.4 Å². The summed E-state index contributed by atoms with van der Waals surface area (Å²) in [6.07, 6.45) is 14.9. The van der Waals surface area contributed by atoms with Crippen molar-refractivity contribution in [3.8, 4) is 0 Å². The van der Waals surface area contributed by atoms with E-state index in [0.717, 1.165) is 100 Å². The van der Waals surface area contributed by atoms with Gasteiger partial charge in [-0.1, -0.05) is 25.7 Å². The maximum Gasteiger partial charge on any atom is 2.00 e. The van der Waals surface area contributed by atoms with Gasteiger partial charge in [-0.2, -0.15) is 101 Å². The van der Waals surface area contributed by atoms with Gasteiger partial charge < -0.3 is 39.6 Å². The first-order chi connectivity index (χ1) is 22.7. The molecule has 0 spiro atoms. The molecule has 0 aromatic rings. The summed E-state index contributed by atoms with van der Waals surface area (Å²) in [4.78, 5) is 40.1. The van der Waals surface area contributed by atoms with Crippen molar-refractivity contribution >= 4 is 125 Å². The maximum atomic E-state index is 10.0. The van der Waals surface area contributed by atoms with Crippen molar-refractivity contribution in [2.45, 2.75) is 149 Å². The second kappa shape index (κ2) is 50.9. The van der Waals surface area contributed by atoms with Crippen LogP contribution in [0.3, 0.4) is 0 Å². The molecule has 0 aliphatic rings. The molecule has 4 unspecified atom stereocenters. The first-order valence-corrected chi connectivity index (χ1v) is 21.2. The molecule has 0 saturated heterocycles. The Balaban J connectivity index is -0.000000127. The van der Waals surface area contributed by atoms with E-state index in [1.165, 1.54) is 0 Å². The minimum absolute atomic E-state index is 0. The molecule has 0 heterocycles. The fourth-order valence-corrected chi connectivity index (χ4v) is 7.08. The summed E-state index contributed by atoms with van der Waals surface area (Å²) in [7, 11) is 0. The molecule has 288 valence electrons. The zero-order valence-corrected chi connectivity index (χ0v) is 42.6. The van der Waals surface area contributed by atoms with Crippen LogP contribution in [0.4, 0.5) is 0 Å². The van der Waals surface area contributed by atoms with E-state index < -0.39 is 23.9 Å². The van der Waals surface area contributed by atoms with Gasteiger partial charge in [0.1, 0.15) is 0 Å². The smallest absolute Gasteiger partial charge is 0.550 e. The van der Waals surface area contributed by atoms with Crippen LogP contribution in [0.1, 0.15) is 128 Å². The maximum absolute atomic E-state index is 10.0. The number of aliphatic carboxylic acids is 4. The molecule has 0 amide bonds. The van der Waals surface area contributed by atoms with Crippen LogP contribution in [0.15, 0.2) is 0 Å². The van der Waals surface area contributed by atoms with Crippen LogP contribution in [-0.4, -0.2) is 67.9 Å². The Labute approximate surface area is 372 Å². The summed E-state index contributed by atoms with van der Waals surface area (Å²) < 4.78 is 0. The summed E-state index contributed by atoms with van der Waals surface area (Å²) in [6, 6.07) is 0. The molecule has 0 N–H and O–H groups in total. The molecule has 4 atom stereocenters. The second-order valence-electron chi connectivity index (χ2n) is 11.1. The van der Waals surface area contributed by atoms with Crippen LogP contribution >= 0.6 is 101 Å². The van der Waals surface area contributed by atoms with Crippen molar-refractivity contribution in [2.75, 3.05) is 23.0 Å². The van der Waals surface area contributed by atoms with Crippen molar-refractivity contribution in [3.63, 3.8) is 0 Å². The number of carbonyl (C=O) groups excluding carboxylic acids is 4. The molecule has 0 rings (SSSR count). The van der Waals surface area contributed by atoms with Crippen molar-refractivity contribution in [3.05, 3.63) is 0 Å². The molecule has 0 fully saturated rings. The van der Waals surface area contributed by atoms with E-state index in [9.17, 15) is 39.6 Å². The van der Waals surface area contributed by atoms with Gasteiger partial charge in [-0.05, 0) is 126 Å². The zero-order chi connectivity index (χ0) is 37.6. The number of carboxylic acids is 4. The summed E-state index contributed by atoms with van der Waals surface area (Å²) in [5.74, 6) is -0.466. The van der Waals surface area contributed by atoms with Crippen LogP contribution in [0, 0.1) is 0 Å². The number of unbranched alkanes of at least 4 members (excludes halogenated alkanes) is 4. The third kappa shape index (κ3) is 68.0. The van der Waals surface area contributed by atoms with Crippen molar-refractivity contribution < 1.29 is 78.6 Å². The number of hydrogen-bond donors (Lipinski definition) is 8. The first-order valence-electron chi connectivity index (χ1n) is 16.6. The molecule has 0 aliphatic carbocycles. The Hall–Kier alpha value is 1.93. The minimum atomic E-state index is -0.958. The number of thiol groups is 8. The van der Waals surface area contributed by atoms with Gasteiger partial charge in [0.2, 0.25) is 0 Å². The van der Waals surface area contributed by atoms with Crippen molar-refractivity contribution in [1.29, 1.82) is 0 Å². The van der Waals surface area contributed by atoms with Gasteiger partial charge in [0.05, 0.1) is 0 Å². The van der Waals surface area contributed by atoms with Crippen LogP contribution in [0.5, 0.6) is 0 Å². The van der Waals surface area contributed by atoms with Gasteiger partial charge in [-0.25, -0.2) is 0 Å². The van der Waals surface area contributed by atoms with E-state index in [0.29, 0.717) is 46.7 Å². The molecular formula is C32H60O8S8Zn2. The van der Waals surface area contributed by atoms with Crippen molar-refractivity contribution in [1.82, 2.24) is 0 Å². The number of carboxylic acid groups (broad SMARTS) is 4. The fraction of sp³-hybridized carbons (Fsp3) is 0.875. The zero-order valence-electron chi connectivity index (χ0n) is 29.5. The van der Waals surface area contributed by atoms with Gasteiger partial charge in [-0.3, -0.25) is 0 Å². The van der Waals surface area contributed by atoms with E-state index in [1.807, 2.05) is 0 Å². The summed E-state index contributed by atoms with van der Waals surface area (Å²) in [5.41, 5.74) is 0.